The third-order valence-electron chi connectivity index (χ3n) is 3.33. The van der Waals surface area contributed by atoms with Gasteiger partial charge >= 0.3 is 0 Å². The summed E-state index contributed by atoms with van der Waals surface area (Å²) in [4.78, 5) is 0. The third-order valence-corrected chi connectivity index (χ3v) is 4.22. The normalized spacial score (nSPS) is 14.6. The molecule has 0 radical (unpaired) electrons. The van der Waals surface area contributed by atoms with Crippen LogP contribution in [-0.2, 0) is 19.4 Å². The number of aromatic nitrogens is 2. The minimum atomic E-state index is 0.856. The van der Waals surface area contributed by atoms with E-state index >= 15 is 0 Å². The van der Waals surface area contributed by atoms with Crippen molar-refractivity contribution in [1.82, 2.24) is 9.78 Å². The van der Waals surface area contributed by atoms with E-state index in [9.17, 15) is 0 Å². The molecular weight excluding hydrogens is 276 g/mol. The smallest absolute Gasteiger partial charge is 0.107 e. The van der Waals surface area contributed by atoms with E-state index in [1.807, 2.05) is 6.07 Å². The van der Waals surface area contributed by atoms with E-state index in [1.54, 1.807) is 0 Å². The first-order valence-electron chi connectivity index (χ1n) is 6.12. The van der Waals surface area contributed by atoms with Crippen molar-refractivity contribution in [3.63, 3.8) is 0 Å². The molecule has 1 heterocycles. The molecule has 0 bridgehead atoms. The lowest BCUT2D eigenvalue weighted by Crippen LogP contribution is -2.02. The van der Waals surface area contributed by atoms with Gasteiger partial charge in [0.15, 0.2) is 0 Å². The summed E-state index contributed by atoms with van der Waals surface area (Å²) in [5.74, 6) is 0. The predicted molar refractivity (Wildman–Crippen MR) is 72.1 cm³/mol. The van der Waals surface area contributed by atoms with E-state index in [1.165, 1.54) is 40.7 Å². The highest BCUT2D eigenvalue weighted by Gasteiger charge is 2.18. The molecule has 0 saturated heterocycles. The number of benzene rings is 1. The molecule has 17 heavy (non-hydrogen) atoms. The molecule has 2 aromatic rings. The van der Waals surface area contributed by atoms with E-state index in [0.29, 0.717) is 0 Å². The van der Waals surface area contributed by atoms with Crippen molar-refractivity contribution in [2.45, 2.75) is 32.2 Å². The fraction of sp³-hybridized carbons (Fsp3) is 0.357. The Bertz CT molecular complexity index is 517. The molecule has 0 amide bonds. The van der Waals surface area contributed by atoms with Crippen LogP contribution in [0, 0.1) is 0 Å². The molecule has 1 aromatic heterocycles. The first-order valence-corrected chi connectivity index (χ1v) is 6.92. The van der Waals surface area contributed by atoms with E-state index in [0.717, 1.165) is 13.0 Å². The van der Waals surface area contributed by atoms with Crippen molar-refractivity contribution in [2.75, 3.05) is 0 Å². The molecule has 0 saturated carbocycles. The van der Waals surface area contributed by atoms with Gasteiger partial charge in [-0.15, -0.1) is 0 Å². The van der Waals surface area contributed by atoms with Crippen LogP contribution in [-0.4, -0.2) is 9.78 Å². The summed E-state index contributed by atoms with van der Waals surface area (Å²) in [6.45, 7) is 0.856. The molecule has 2 nitrogen and oxygen atoms in total. The number of hydrogen-bond acceptors (Lipinski definition) is 1. The fourth-order valence-electron chi connectivity index (χ4n) is 2.43. The number of halogens is 1. The molecular formula is C14H15BrN2. The van der Waals surface area contributed by atoms with Crippen LogP contribution < -0.4 is 0 Å². The second-order valence-electron chi connectivity index (χ2n) is 4.57. The van der Waals surface area contributed by atoms with E-state index < -0.39 is 0 Å². The lowest BCUT2D eigenvalue weighted by molar-refractivity contribution is 0.642. The Morgan fingerprint density at radius 3 is 2.65 bits per heavy atom. The van der Waals surface area contributed by atoms with Crippen molar-refractivity contribution >= 4 is 15.9 Å². The van der Waals surface area contributed by atoms with Crippen molar-refractivity contribution in [3.8, 4) is 0 Å². The highest BCUT2D eigenvalue weighted by atomic mass is 79.9. The molecule has 3 heteroatoms. The van der Waals surface area contributed by atoms with Gasteiger partial charge in [-0.1, -0.05) is 30.3 Å². The van der Waals surface area contributed by atoms with Crippen LogP contribution in [0.4, 0.5) is 0 Å². The SMILES string of the molecule is Brc1c2c(nn1Cc1ccccc1)CCCC2. The number of nitrogens with zero attached hydrogens (tertiary/aromatic N) is 2. The van der Waals surface area contributed by atoms with Crippen LogP contribution in [0.25, 0.3) is 0 Å². The Balaban J connectivity index is 1.91. The molecule has 1 aliphatic carbocycles. The Hall–Kier alpha value is -1.09. The van der Waals surface area contributed by atoms with Gasteiger partial charge in [0.25, 0.3) is 0 Å². The number of fused-ring (bicyclic) bond motifs is 1. The van der Waals surface area contributed by atoms with Crippen molar-refractivity contribution in [3.05, 3.63) is 51.8 Å². The molecule has 0 aliphatic heterocycles. The van der Waals surface area contributed by atoms with Gasteiger partial charge in [-0.25, -0.2) is 0 Å². The standard InChI is InChI=1S/C14H15BrN2/c15-14-12-8-4-5-9-13(12)16-17(14)10-11-6-2-1-3-7-11/h1-3,6-7H,4-5,8-10H2. The third kappa shape index (κ3) is 2.16. The van der Waals surface area contributed by atoms with Gasteiger partial charge in [-0.05, 0) is 47.2 Å². The minimum Gasteiger partial charge on any atom is -0.253 e. The molecule has 0 atom stereocenters. The van der Waals surface area contributed by atoms with Crippen molar-refractivity contribution in [1.29, 1.82) is 0 Å². The van der Waals surface area contributed by atoms with Crippen LogP contribution in [0.15, 0.2) is 34.9 Å². The first kappa shape index (κ1) is 11.0. The summed E-state index contributed by atoms with van der Waals surface area (Å²) in [5.41, 5.74) is 4.01. The topological polar surface area (TPSA) is 17.8 Å². The summed E-state index contributed by atoms with van der Waals surface area (Å²) >= 11 is 3.69. The molecule has 0 unspecified atom stereocenters. The van der Waals surface area contributed by atoms with Gasteiger partial charge in [0.2, 0.25) is 0 Å². The van der Waals surface area contributed by atoms with Gasteiger partial charge in [-0.2, -0.15) is 5.10 Å². The van der Waals surface area contributed by atoms with Crippen LogP contribution in [0.5, 0.6) is 0 Å². The summed E-state index contributed by atoms with van der Waals surface area (Å²) < 4.78 is 3.27. The summed E-state index contributed by atoms with van der Waals surface area (Å²) in [5, 5.41) is 4.72. The maximum Gasteiger partial charge on any atom is 0.107 e. The lowest BCUT2D eigenvalue weighted by Gasteiger charge is -2.08. The molecule has 3 rings (SSSR count). The summed E-state index contributed by atoms with van der Waals surface area (Å²) in [6, 6.07) is 10.5. The molecule has 0 fully saturated rings. The van der Waals surface area contributed by atoms with Crippen molar-refractivity contribution < 1.29 is 0 Å². The highest BCUT2D eigenvalue weighted by Crippen LogP contribution is 2.28. The van der Waals surface area contributed by atoms with E-state index in [2.05, 4.69) is 44.9 Å². The largest absolute Gasteiger partial charge is 0.253 e. The van der Waals surface area contributed by atoms with Gasteiger partial charge < -0.3 is 0 Å². The monoisotopic (exact) mass is 290 g/mol. The minimum absolute atomic E-state index is 0.856. The second-order valence-corrected chi connectivity index (χ2v) is 5.32. The lowest BCUT2D eigenvalue weighted by atomic mass is 9.99. The maximum atomic E-state index is 4.72. The zero-order valence-electron chi connectivity index (χ0n) is 9.69. The zero-order valence-corrected chi connectivity index (χ0v) is 11.3. The Morgan fingerprint density at radius 1 is 1.12 bits per heavy atom. The molecule has 0 spiro atoms. The highest BCUT2D eigenvalue weighted by molar-refractivity contribution is 9.10. The molecule has 88 valence electrons. The van der Waals surface area contributed by atoms with Crippen LogP contribution in [0.1, 0.15) is 29.7 Å². The predicted octanol–water partition coefficient (Wildman–Crippen LogP) is 3.57. The van der Waals surface area contributed by atoms with Crippen LogP contribution in [0.3, 0.4) is 0 Å². The summed E-state index contributed by atoms with van der Waals surface area (Å²) in [6.07, 6.45) is 4.88. The number of aryl methyl sites for hydroxylation is 1. The first-order chi connectivity index (χ1) is 8.34. The maximum absolute atomic E-state index is 4.72. The van der Waals surface area contributed by atoms with E-state index in [4.69, 9.17) is 5.10 Å². The number of rotatable bonds is 2. The van der Waals surface area contributed by atoms with Crippen LogP contribution in [0.2, 0.25) is 0 Å². The summed E-state index contributed by atoms with van der Waals surface area (Å²) in [7, 11) is 0. The Morgan fingerprint density at radius 2 is 1.88 bits per heavy atom. The molecule has 0 N–H and O–H groups in total. The Kier molecular flexibility index (Phi) is 3.02. The van der Waals surface area contributed by atoms with Gasteiger partial charge in [0, 0.05) is 5.56 Å². The van der Waals surface area contributed by atoms with Crippen molar-refractivity contribution in [2.24, 2.45) is 0 Å². The number of hydrogen-bond donors (Lipinski definition) is 0. The second kappa shape index (κ2) is 4.65. The average molecular weight is 291 g/mol. The quantitative estimate of drug-likeness (QED) is 0.827. The zero-order chi connectivity index (χ0) is 11.7. The molecule has 1 aromatic carbocycles. The molecule has 1 aliphatic rings. The fourth-order valence-corrected chi connectivity index (χ4v) is 3.06. The van der Waals surface area contributed by atoms with Gasteiger partial charge in [-0.3, -0.25) is 4.68 Å². The van der Waals surface area contributed by atoms with Gasteiger partial charge in [0.05, 0.1) is 12.2 Å². The average Bonchev–Trinajstić information content (AvgIpc) is 2.68. The Labute approximate surface area is 110 Å². The van der Waals surface area contributed by atoms with Gasteiger partial charge in [0.1, 0.15) is 4.60 Å². The van der Waals surface area contributed by atoms with E-state index in [-0.39, 0.29) is 0 Å². The van der Waals surface area contributed by atoms with Crippen LogP contribution >= 0.6 is 15.9 Å².